The number of carbonyl (C=O) groups is 2. The summed E-state index contributed by atoms with van der Waals surface area (Å²) in [5.74, 6) is -1.04. The molecule has 0 bridgehead atoms. The largest absolute Gasteiger partial charge is 0.478 e. The predicted molar refractivity (Wildman–Crippen MR) is 47.9 cm³/mol. The van der Waals surface area contributed by atoms with Crippen molar-refractivity contribution in [3.05, 3.63) is 28.8 Å². The maximum absolute atomic E-state index is 10.6. The van der Waals surface area contributed by atoms with Crippen molar-refractivity contribution < 1.29 is 14.7 Å². The van der Waals surface area contributed by atoms with Gasteiger partial charge in [-0.15, -0.1) is 0 Å². The predicted octanol–water partition coefficient (Wildman–Crippen LogP) is 1.09. The molecule has 0 saturated heterocycles. The molecule has 4 heteroatoms. The Bertz CT molecular complexity index is 371. The second-order valence-electron chi connectivity index (χ2n) is 2.66. The first-order valence-electron chi connectivity index (χ1n) is 3.65. The molecule has 0 aliphatic rings. The fraction of sp³-hybridized carbons (Fsp3) is 0.111. The third kappa shape index (κ3) is 1.51. The molecule has 0 unspecified atom stereocenters. The number of aromatic carboxylic acids is 1. The highest BCUT2D eigenvalue weighted by molar-refractivity contribution is 5.94. The van der Waals surface area contributed by atoms with Gasteiger partial charge in [-0.25, -0.2) is 4.79 Å². The Labute approximate surface area is 75.0 Å². The molecular formula is C9H9NO3. The molecule has 3 N–H and O–H groups in total. The number of carbonyl (C=O) groups excluding carboxylic acids is 1. The highest BCUT2D eigenvalue weighted by atomic mass is 16.4. The van der Waals surface area contributed by atoms with Crippen LogP contribution in [-0.4, -0.2) is 17.4 Å². The molecule has 68 valence electrons. The Balaban J connectivity index is 3.39. The van der Waals surface area contributed by atoms with Crippen molar-refractivity contribution in [2.75, 3.05) is 5.73 Å². The van der Waals surface area contributed by atoms with E-state index in [0.29, 0.717) is 17.4 Å². The van der Waals surface area contributed by atoms with E-state index in [4.69, 9.17) is 10.8 Å². The van der Waals surface area contributed by atoms with E-state index in [-0.39, 0.29) is 11.3 Å². The molecule has 1 aromatic carbocycles. The molecule has 0 radical (unpaired) electrons. The van der Waals surface area contributed by atoms with Gasteiger partial charge in [0.25, 0.3) is 0 Å². The minimum atomic E-state index is -1.04. The lowest BCUT2D eigenvalue weighted by molar-refractivity contribution is 0.0696. The van der Waals surface area contributed by atoms with Gasteiger partial charge in [-0.1, -0.05) is 0 Å². The highest BCUT2D eigenvalue weighted by Gasteiger charge is 2.11. The zero-order valence-corrected chi connectivity index (χ0v) is 7.07. The fourth-order valence-corrected chi connectivity index (χ4v) is 1.08. The van der Waals surface area contributed by atoms with Crippen LogP contribution in [0.5, 0.6) is 0 Å². The summed E-state index contributed by atoms with van der Waals surface area (Å²) in [4.78, 5) is 21.1. The Morgan fingerprint density at radius 3 is 2.62 bits per heavy atom. The van der Waals surface area contributed by atoms with Gasteiger partial charge in [0.15, 0.2) is 6.29 Å². The van der Waals surface area contributed by atoms with E-state index >= 15 is 0 Å². The minimum absolute atomic E-state index is 0.128. The van der Waals surface area contributed by atoms with Crippen LogP contribution in [0.4, 0.5) is 5.69 Å². The number of nitrogens with two attached hydrogens (primary N) is 1. The van der Waals surface area contributed by atoms with Crippen LogP contribution in [0, 0.1) is 6.92 Å². The Morgan fingerprint density at radius 1 is 1.54 bits per heavy atom. The zero-order valence-electron chi connectivity index (χ0n) is 7.07. The van der Waals surface area contributed by atoms with Crippen LogP contribution in [-0.2, 0) is 0 Å². The standard InChI is InChI=1S/C9H9NO3/c1-5-7(9(12)13)3-2-6(4-11)8(5)10/h2-4H,10H2,1H3,(H,12,13). The van der Waals surface area contributed by atoms with Gasteiger partial charge in [-0.2, -0.15) is 0 Å². The second-order valence-corrected chi connectivity index (χ2v) is 2.66. The highest BCUT2D eigenvalue weighted by Crippen LogP contribution is 2.19. The lowest BCUT2D eigenvalue weighted by atomic mass is 10.0. The quantitative estimate of drug-likeness (QED) is 0.526. The van der Waals surface area contributed by atoms with E-state index in [1.54, 1.807) is 6.92 Å². The third-order valence-corrected chi connectivity index (χ3v) is 1.91. The summed E-state index contributed by atoms with van der Waals surface area (Å²) >= 11 is 0. The number of nitrogen functional groups attached to an aromatic ring is 1. The van der Waals surface area contributed by atoms with Crippen molar-refractivity contribution in [1.29, 1.82) is 0 Å². The topological polar surface area (TPSA) is 80.4 Å². The summed E-state index contributed by atoms with van der Waals surface area (Å²) in [6.07, 6.45) is 0.605. The number of carboxylic acid groups (broad SMARTS) is 1. The molecule has 0 spiro atoms. The molecule has 0 heterocycles. The van der Waals surface area contributed by atoms with Crippen LogP contribution in [0.1, 0.15) is 26.3 Å². The maximum Gasteiger partial charge on any atom is 0.336 e. The summed E-state index contributed by atoms with van der Waals surface area (Å²) < 4.78 is 0. The van der Waals surface area contributed by atoms with Gasteiger partial charge < -0.3 is 10.8 Å². The maximum atomic E-state index is 10.6. The van der Waals surface area contributed by atoms with Crippen molar-refractivity contribution in [2.24, 2.45) is 0 Å². The van der Waals surface area contributed by atoms with E-state index in [9.17, 15) is 9.59 Å². The SMILES string of the molecule is Cc1c(C(=O)O)ccc(C=O)c1N. The van der Waals surface area contributed by atoms with Gasteiger partial charge in [0, 0.05) is 11.3 Å². The van der Waals surface area contributed by atoms with E-state index < -0.39 is 5.97 Å². The summed E-state index contributed by atoms with van der Waals surface area (Å²) in [5.41, 5.74) is 6.65. The molecule has 1 rings (SSSR count). The molecule has 4 nitrogen and oxygen atoms in total. The number of rotatable bonds is 2. The molecule has 0 aliphatic carbocycles. The van der Waals surface area contributed by atoms with Gasteiger partial charge in [0.1, 0.15) is 0 Å². The molecule has 0 aliphatic heterocycles. The van der Waals surface area contributed by atoms with Crippen molar-refractivity contribution >= 4 is 17.9 Å². The van der Waals surface area contributed by atoms with Gasteiger partial charge in [-0.3, -0.25) is 4.79 Å². The van der Waals surface area contributed by atoms with E-state index in [1.807, 2.05) is 0 Å². The molecule has 0 saturated carbocycles. The van der Waals surface area contributed by atoms with Crippen LogP contribution in [0.15, 0.2) is 12.1 Å². The summed E-state index contributed by atoms with van der Waals surface area (Å²) in [6.45, 7) is 1.58. The van der Waals surface area contributed by atoms with E-state index in [1.165, 1.54) is 12.1 Å². The number of carboxylic acids is 1. The van der Waals surface area contributed by atoms with E-state index in [0.717, 1.165) is 0 Å². The molecule has 13 heavy (non-hydrogen) atoms. The van der Waals surface area contributed by atoms with Crippen LogP contribution >= 0.6 is 0 Å². The van der Waals surface area contributed by atoms with Crippen LogP contribution in [0.3, 0.4) is 0 Å². The van der Waals surface area contributed by atoms with Gasteiger partial charge in [-0.05, 0) is 24.6 Å². The van der Waals surface area contributed by atoms with Crippen LogP contribution in [0.25, 0.3) is 0 Å². The van der Waals surface area contributed by atoms with Crippen molar-refractivity contribution in [3.8, 4) is 0 Å². The van der Waals surface area contributed by atoms with Crippen LogP contribution < -0.4 is 5.73 Å². The molecule has 0 amide bonds. The summed E-state index contributed by atoms with van der Waals surface area (Å²) in [5, 5.41) is 8.71. The Kier molecular flexibility index (Phi) is 2.32. The first-order valence-corrected chi connectivity index (χ1v) is 3.65. The number of anilines is 1. The number of hydrogen-bond acceptors (Lipinski definition) is 3. The molecule has 0 atom stereocenters. The lowest BCUT2D eigenvalue weighted by Crippen LogP contribution is -2.05. The zero-order chi connectivity index (χ0) is 10.0. The van der Waals surface area contributed by atoms with Crippen molar-refractivity contribution in [3.63, 3.8) is 0 Å². The third-order valence-electron chi connectivity index (χ3n) is 1.91. The molecule has 0 aromatic heterocycles. The average Bonchev–Trinajstić information content (AvgIpc) is 2.09. The number of aldehydes is 1. The minimum Gasteiger partial charge on any atom is -0.478 e. The van der Waals surface area contributed by atoms with Crippen LogP contribution in [0.2, 0.25) is 0 Å². The van der Waals surface area contributed by atoms with Gasteiger partial charge >= 0.3 is 5.97 Å². The molecule has 1 aromatic rings. The average molecular weight is 179 g/mol. The Morgan fingerprint density at radius 2 is 2.15 bits per heavy atom. The van der Waals surface area contributed by atoms with Gasteiger partial charge in [0.2, 0.25) is 0 Å². The lowest BCUT2D eigenvalue weighted by Gasteiger charge is -2.05. The number of hydrogen-bond donors (Lipinski definition) is 2. The smallest absolute Gasteiger partial charge is 0.336 e. The van der Waals surface area contributed by atoms with Gasteiger partial charge in [0.05, 0.1) is 5.56 Å². The second kappa shape index (κ2) is 3.26. The first kappa shape index (κ1) is 9.25. The molecular weight excluding hydrogens is 170 g/mol. The van der Waals surface area contributed by atoms with Crippen molar-refractivity contribution in [1.82, 2.24) is 0 Å². The van der Waals surface area contributed by atoms with Crippen molar-refractivity contribution in [2.45, 2.75) is 6.92 Å². The summed E-state index contributed by atoms with van der Waals surface area (Å²) in [7, 11) is 0. The normalized spacial score (nSPS) is 9.62. The fourth-order valence-electron chi connectivity index (χ4n) is 1.08. The molecule has 0 fully saturated rings. The summed E-state index contributed by atoms with van der Waals surface area (Å²) in [6, 6.07) is 2.77. The number of benzene rings is 1. The Hall–Kier alpha value is -1.84. The monoisotopic (exact) mass is 179 g/mol. The first-order chi connectivity index (χ1) is 6.07. The van der Waals surface area contributed by atoms with E-state index in [2.05, 4.69) is 0 Å².